The van der Waals surface area contributed by atoms with Crippen LogP contribution in [-0.2, 0) is 0 Å². The zero-order chi connectivity index (χ0) is 11.4. The van der Waals surface area contributed by atoms with Gasteiger partial charge in [-0.3, -0.25) is 4.79 Å². The van der Waals surface area contributed by atoms with Gasteiger partial charge in [-0.15, -0.1) is 0 Å². The highest BCUT2D eigenvalue weighted by Gasteiger charge is 2.17. The third kappa shape index (κ3) is 2.49. The maximum Gasteiger partial charge on any atom is 0.254 e. The molecule has 0 fully saturated rings. The fraction of sp³-hybridized carbons (Fsp3) is 0.300. The highest BCUT2D eigenvalue weighted by Crippen LogP contribution is 2.14. The van der Waals surface area contributed by atoms with Gasteiger partial charge in [0.15, 0.2) is 17.5 Å². The summed E-state index contributed by atoms with van der Waals surface area (Å²) in [6.45, 7) is 2.18. The Labute approximate surface area is 85.1 Å². The van der Waals surface area contributed by atoms with Crippen molar-refractivity contribution in [3.8, 4) is 0 Å². The van der Waals surface area contributed by atoms with Crippen LogP contribution in [0, 0.1) is 17.5 Å². The topological polar surface area (TPSA) is 29.1 Å². The van der Waals surface area contributed by atoms with Gasteiger partial charge in [0.05, 0.1) is 5.56 Å². The molecule has 15 heavy (non-hydrogen) atoms. The molecule has 0 aromatic heterocycles. The molecule has 0 aliphatic rings. The lowest BCUT2D eigenvalue weighted by atomic mass is 10.2. The van der Waals surface area contributed by atoms with E-state index in [1.807, 2.05) is 6.92 Å². The van der Waals surface area contributed by atoms with Crippen LogP contribution in [0.5, 0.6) is 0 Å². The van der Waals surface area contributed by atoms with Crippen LogP contribution in [0.4, 0.5) is 13.2 Å². The molecule has 0 heterocycles. The molecule has 1 amide bonds. The molecule has 1 aromatic rings. The lowest BCUT2D eigenvalue weighted by Gasteiger charge is -2.05. The van der Waals surface area contributed by atoms with Crippen molar-refractivity contribution in [1.29, 1.82) is 0 Å². The molecule has 0 bridgehead atoms. The van der Waals surface area contributed by atoms with Gasteiger partial charge in [-0.25, -0.2) is 13.2 Å². The van der Waals surface area contributed by atoms with Crippen LogP contribution < -0.4 is 5.32 Å². The summed E-state index contributed by atoms with van der Waals surface area (Å²) in [5.74, 6) is -5.13. The summed E-state index contributed by atoms with van der Waals surface area (Å²) in [5, 5.41) is 2.37. The van der Waals surface area contributed by atoms with Crippen molar-refractivity contribution in [2.75, 3.05) is 6.54 Å². The van der Waals surface area contributed by atoms with E-state index < -0.39 is 28.9 Å². The molecule has 0 unspecified atom stereocenters. The van der Waals surface area contributed by atoms with Gasteiger partial charge in [0.25, 0.3) is 5.91 Å². The molecule has 0 atom stereocenters. The summed E-state index contributed by atoms with van der Waals surface area (Å²) < 4.78 is 38.3. The van der Waals surface area contributed by atoms with Crippen LogP contribution in [0.15, 0.2) is 12.1 Å². The second-order valence-corrected chi connectivity index (χ2v) is 2.98. The predicted molar refractivity (Wildman–Crippen MR) is 48.9 cm³/mol. The monoisotopic (exact) mass is 217 g/mol. The number of hydrogen-bond donors (Lipinski definition) is 1. The van der Waals surface area contributed by atoms with Gasteiger partial charge in [0.2, 0.25) is 0 Å². The summed E-state index contributed by atoms with van der Waals surface area (Å²) in [6.07, 6.45) is 0.678. The molecule has 1 rings (SSSR count). The number of halogens is 3. The maximum absolute atomic E-state index is 13.1. The van der Waals surface area contributed by atoms with Gasteiger partial charge in [-0.2, -0.15) is 0 Å². The Morgan fingerprint density at radius 3 is 2.53 bits per heavy atom. The minimum Gasteiger partial charge on any atom is -0.352 e. The van der Waals surface area contributed by atoms with E-state index in [0.29, 0.717) is 13.0 Å². The molecule has 0 saturated carbocycles. The molecule has 0 aliphatic heterocycles. The van der Waals surface area contributed by atoms with Gasteiger partial charge in [0, 0.05) is 6.54 Å². The SMILES string of the molecule is CCCNC(=O)c1ccc(F)c(F)c1F. The first-order valence-corrected chi connectivity index (χ1v) is 4.49. The van der Waals surface area contributed by atoms with E-state index >= 15 is 0 Å². The van der Waals surface area contributed by atoms with E-state index in [9.17, 15) is 18.0 Å². The highest BCUT2D eigenvalue weighted by atomic mass is 19.2. The standard InChI is InChI=1S/C10H10F3NO/c1-2-5-14-10(15)6-3-4-7(11)9(13)8(6)12/h3-4H,2,5H2,1H3,(H,14,15). The Balaban J connectivity index is 2.95. The molecular formula is C10H10F3NO. The van der Waals surface area contributed by atoms with E-state index in [0.717, 1.165) is 12.1 Å². The molecule has 5 heteroatoms. The number of hydrogen-bond acceptors (Lipinski definition) is 1. The minimum absolute atomic E-state index is 0.358. The van der Waals surface area contributed by atoms with Crippen molar-refractivity contribution < 1.29 is 18.0 Å². The first-order chi connectivity index (χ1) is 7.07. The Hall–Kier alpha value is -1.52. The Kier molecular flexibility index (Phi) is 3.71. The van der Waals surface area contributed by atoms with Gasteiger partial charge >= 0.3 is 0 Å². The van der Waals surface area contributed by atoms with E-state index in [1.54, 1.807) is 0 Å². The second kappa shape index (κ2) is 4.82. The van der Waals surface area contributed by atoms with Crippen LogP contribution in [0.2, 0.25) is 0 Å². The molecule has 0 spiro atoms. The molecule has 0 saturated heterocycles. The van der Waals surface area contributed by atoms with Crippen molar-refractivity contribution >= 4 is 5.91 Å². The van der Waals surface area contributed by atoms with Gasteiger partial charge in [-0.1, -0.05) is 6.92 Å². The number of carbonyl (C=O) groups is 1. The molecular weight excluding hydrogens is 207 g/mol. The molecule has 0 radical (unpaired) electrons. The molecule has 1 N–H and O–H groups in total. The lowest BCUT2D eigenvalue weighted by molar-refractivity contribution is 0.0948. The zero-order valence-electron chi connectivity index (χ0n) is 8.11. The Morgan fingerprint density at radius 1 is 1.27 bits per heavy atom. The molecule has 1 aromatic carbocycles. The molecule has 0 aliphatic carbocycles. The van der Waals surface area contributed by atoms with Crippen LogP contribution in [0.25, 0.3) is 0 Å². The fourth-order valence-electron chi connectivity index (χ4n) is 1.04. The zero-order valence-corrected chi connectivity index (χ0v) is 8.11. The van der Waals surface area contributed by atoms with Crippen LogP contribution >= 0.6 is 0 Å². The fourth-order valence-corrected chi connectivity index (χ4v) is 1.04. The summed E-state index contributed by atoms with van der Waals surface area (Å²) >= 11 is 0. The van der Waals surface area contributed by atoms with Gasteiger partial charge in [0.1, 0.15) is 0 Å². The third-order valence-corrected chi connectivity index (χ3v) is 1.82. The third-order valence-electron chi connectivity index (χ3n) is 1.82. The molecule has 82 valence electrons. The summed E-state index contributed by atoms with van der Waals surface area (Å²) in [4.78, 5) is 11.2. The van der Waals surface area contributed by atoms with Crippen LogP contribution in [0.3, 0.4) is 0 Å². The number of rotatable bonds is 3. The first-order valence-electron chi connectivity index (χ1n) is 4.49. The predicted octanol–water partition coefficient (Wildman–Crippen LogP) is 2.24. The Morgan fingerprint density at radius 2 is 1.93 bits per heavy atom. The normalized spacial score (nSPS) is 10.1. The van der Waals surface area contributed by atoms with Crippen molar-refractivity contribution in [3.05, 3.63) is 35.1 Å². The molecule has 2 nitrogen and oxygen atoms in total. The summed E-state index contributed by atoms with van der Waals surface area (Å²) in [6, 6.07) is 1.64. The average Bonchev–Trinajstić information content (AvgIpc) is 2.23. The average molecular weight is 217 g/mol. The van der Waals surface area contributed by atoms with Gasteiger partial charge in [-0.05, 0) is 18.6 Å². The number of carbonyl (C=O) groups excluding carboxylic acids is 1. The maximum atomic E-state index is 13.1. The van der Waals surface area contributed by atoms with Crippen LogP contribution in [-0.4, -0.2) is 12.5 Å². The minimum atomic E-state index is -1.63. The quantitative estimate of drug-likeness (QED) is 0.773. The number of nitrogens with one attached hydrogen (secondary N) is 1. The highest BCUT2D eigenvalue weighted by molar-refractivity contribution is 5.94. The number of amides is 1. The second-order valence-electron chi connectivity index (χ2n) is 2.98. The largest absolute Gasteiger partial charge is 0.352 e. The van der Waals surface area contributed by atoms with E-state index in [1.165, 1.54) is 0 Å². The summed E-state index contributed by atoms with van der Waals surface area (Å²) in [5.41, 5.74) is -0.484. The number of benzene rings is 1. The lowest BCUT2D eigenvalue weighted by Crippen LogP contribution is -2.25. The van der Waals surface area contributed by atoms with E-state index in [-0.39, 0.29) is 0 Å². The van der Waals surface area contributed by atoms with E-state index in [2.05, 4.69) is 5.32 Å². The van der Waals surface area contributed by atoms with E-state index in [4.69, 9.17) is 0 Å². The van der Waals surface area contributed by atoms with Gasteiger partial charge < -0.3 is 5.32 Å². The summed E-state index contributed by atoms with van der Waals surface area (Å²) in [7, 11) is 0. The van der Waals surface area contributed by atoms with Crippen molar-refractivity contribution in [2.24, 2.45) is 0 Å². The van der Waals surface area contributed by atoms with Crippen molar-refractivity contribution in [1.82, 2.24) is 5.32 Å². The Bertz CT molecular complexity index is 379. The van der Waals surface area contributed by atoms with Crippen molar-refractivity contribution in [2.45, 2.75) is 13.3 Å². The first kappa shape index (κ1) is 11.6. The van der Waals surface area contributed by atoms with Crippen LogP contribution in [0.1, 0.15) is 23.7 Å². The van der Waals surface area contributed by atoms with Crippen molar-refractivity contribution in [3.63, 3.8) is 0 Å². The smallest absolute Gasteiger partial charge is 0.254 e.